The molecule has 6 heterocycles. The first-order valence-corrected chi connectivity index (χ1v) is 13.6. The number of hydrogen-bond acceptors (Lipinski definition) is 7. The standard InChI is InChI=1S/C29H36N6O/c1-19-6-3-7-20-8-4-10-26(27(19)20)34-13-11-24-25(17-34)31-29(36-18-23-9-5-12-33(23)2)32-28(24)35-15-21-14-22(16-35)30-21/h3-4,6-8,10,21-23,30H,5,9,11-18H2,1-2H3/t21?,22?,23-/m0/s1. The molecule has 7 nitrogen and oxygen atoms in total. The summed E-state index contributed by atoms with van der Waals surface area (Å²) in [7, 11) is 2.19. The summed E-state index contributed by atoms with van der Waals surface area (Å²) < 4.78 is 6.30. The number of piperidine rings is 1. The van der Waals surface area contributed by atoms with E-state index in [0.717, 1.165) is 50.7 Å². The highest BCUT2D eigenvalue weighted by molar-refractivity contribution is 5.97. The molecule has 2 unspecified atom stereocenters. The monoisotopic (exact) mass is 484 g/mol. The molecule has 4 saturated heterocycles. The number of likely N-dealkylation sites (N-methyl/N-ethyl adjacent to an activating group) is 1. The number of benzene rings is 2. The molecule has 7 heteroatoms. The van der Waals surface area contributed by atoms with Crippen LogP contribution in [0.1, 0.15) is 36.1 Å². The zero-order valence-corrected chi connectivity index (χ0v) is 21.4. The Bertz CT molecular complexity index is 1270. The minimum absolute atomic E-state index is 0.454. The first kappa shape index (κ1) is 22.3. The van der Waals surface area contributed by atoms with Crippen molar-refractivity contribution in [3.63, 3.8) is 0 Å². The smallest absolute Gasteiger partial charge is 0.318 e. The Kier molecular flexibility index (Phi) is 5.51. The lowest BCUT2D eigenvalue weighted by Gasteiger charge is -2.49. The van der Waals surface area contributed by atoms with Gasteiger partial charge in [-0.1, -0.05) is 30.3 Å². The summed E-state index contributed by atoms with van der Waals surface area (Å²) >= 11 is 0. The van der Waals surface area contributed by atoms with E-state index in [1.807, 2.05) is 0 Å². The van der Waals surface area contributed by atoms with Gasteiger partial charge in [-0.25, -0.2) is 0 Å². The van der Waals surface area contributed by atoms with Gasteiger partial charge in [0.25, 0.3) is 0 Å². The Balaban J connectivity index is 1.22. The SMILES string of the molecule is Cc1cccc2cccc(N3CCc4c(nc(OC[C@@H]5CCCN5C)nc4N4CC5CC(C4)N5)C3)c12. The molecule has 3 aromatic rings. The van der Waals surface area contributed by atoms with Crippen molar-refractivity contribution >= 4 is 22.3 Å². The number of ether oxygens (including phenoxy) is 1. The number of nitrogens with one attached hydrogen (secondary N) is 1. The third-order valence-electron chi connectivity index (χ3n) is 8.75. The van der Waals surface area contributed by atoms with Gasteiger partial charge >= 0.3 is 6.01 Å². The van der Waals surface area contributed by atoms with Crippen LogP contribution in [0, 0.1) is 6.92 Å². The van der Waals surface area contributed by atoms with E-state index in [0.29, 0.717) is 30.7 Å². The van der Waals surface area contributed by atoms with Crippen molar-refractivity contribution in [2.75, 3.05) is 49.6 Å². The van der Waals surface area contributed by atoms with E-state index >= 15 is 0 Å². The highest BCUT2D eigenvalue weighted by Crippen LogP contribution is 2.36. The van der Waals surface area contributed by atoms with Crippen LogP contribution in [-0.2, 0) is 13.0 Å². The molecule has 2 bridgehead atoms. The molecule has 1 N–H and O–H groups in total. The number of aryl methyl sites for hydroxylation is 1. The number of piperazine rings is 1. The molecule has 0 saturated carbocycles. The van der Waals surface area contributed by atoms with E-state index in [1.54, 1.807) is 0 Å². The maximum absolute atomic E-state index is 6.30. The molecule has 5 aliphatic heterocycles. The molecule has 0 radical (unpaired) electrons. The minimum atomic E-state index is 0.454. The van der Waals surface area contributed by atoms with Crippen molar-refractivity contribution in [3.05, 3.63) is 53.2 Å². The number of likely N-dealkylation sites (tertiary alicyclic amines) is 1. The van der Waals surface area contributed by atoms with Crippen molar-refractivity contribution in [2.45, 2.75) is 57.3 Å². The average molecular weight is 485 g/mol. The third kappa shape index (κ3) is 3.89. The zero-order valence-electron chi connectivity index (χ0n) is 21.4. The highest BCUT2D eigenvalue weighted by Gasteiger charge is 2.38. The maximum atomic E-state index is 6.30. The number of rotatable bonds is 5. The Morgan fingerprint density at radius 1 is 1.03 bits per heavy atom. The van der Waals surface area contributed by atoms with Crippen LogP contribution < -0.4 is 19.9 Å². The van der Waals surface area contributed by atoms with E-state index in [-0.39, 0.29) is 0 Å². The van der Waals surface area contributed by atoms with Crippen LogP contribution in [0.5, 0.6) is 6.01 Å². The molecule has 2 aromatic carbocycles. The molecule has 8 rings (SSSR count). The zero-order chi connectivity index (χ0) is 24.2. The number of nitrogens with zero attached hydrogens (tertiary/aromatic N) is 5. The number of aromatic nitrogens is 2. The fourth-order valence-electron chi connectivity index (χ4n) is 6.74. The molecule has 188 valence electrons. The van der Waals surface area contributed by atoms with E-state index in [2.05, 4.69) is 70.4 Å². The van der Waals surface area contributed by atoms with Gasteiger partial charge in [-0.15, -0.1) is 0 Å². The molecular formula is C29H36N6O. The third-order valence-corrected chi connectivity index (χ3v) is 8.75. The fraction of sp³-hybridized carbons (Fsp3) is 0.517. The summed E-state index contributed by atoms with van der Waals surface area (Å²) in [5.74, 6) is 1.11. The predicted molar refractivity (Wildman–Crippen MR) is 144 cm³/mol. The first-order chi connectivity index (χ1) is 17.6. The van der Waals surface area contributed by atoms with Crippen molar-refractivity contribution in [2.24, 2.45) is 0 Å². The van der Waals surface area contributed by atoms with Gasteiger partial charge in [0.2, 0.25) is 0 Å². The molecule has 0 spiro atoms. The fourth-order valence-corrected chi connectivity index (χ4v) is 6.74. The first-order valence-electron chi connectivity index (χ1n) is 13.6. The van der Waals surface area contributed by atoms with Crippen molar-refractivity contribution in [1.29, 1.82) is 0 Å². The molecule has 0 amide bonds. The van der Waals surface area contributed by atoms with Gasteiger partial charge in [0, 0.05) is 54.4 Å². The van der Waals surface area contributed by atoms with Crippen LogP contribution in [0.4, 0.5) is 11.5 Å². The molecule has 3 atom stereocenters. The van der Waals surface area contributed by atoms with Crippen LogP contribution in [0.2, 0.25) is 0 Å². The summed E-state index contributed by atoms with van der Waals surface area (Å²) in [6.07, 6.45) is 4.67. The van der Waals surface area contributed by atoms with Crippen LogP contribution in [0.15, 0.2) is 36.4 Å². The number of fused-ring (bicyclic) bond motifs is 4. The number of hydrogen-bond donors (Lipinski definition) is 1. The van der Waals surface area contributed by atoms with E-state index in [1.165, 1.54) is 46.8 Å². The van der Waals surface area contributed by atoms with Crippen LogP contribution >= 0.6 is 0 Å². The van der Waals surface area contributed by atoms with Crippen LogP contribution in [0.3, 0.4) is 0 Å². The summed E-state index contributed by atoms with van der Waals surface area (Å²) in [5, 5.41) is 6.31. The van der Waals surface area contributed by atoms with Gasteiger partial charge < -0.3 is 24.8 Å². The van der Waals surface area contributed by atoms with Gasteiger partial charge in [-0.2, -0.15) is 9.97 Å². The number of anilines is 2. The molecular weight excluding hydrogens is 448 g/mol. The Morgan fingerprint density at radius 2 is 1.83 bits per heavy atom. The van der Waals surface area contributed by atoms with Crippen molar-refractivity contribution < 1.29 is 4.74 Å². The second kappa shape index (κ2) is 8.89. The second-order valence-corrected chi connectivity index (χ2v) is 11.2. The summed E-state index contributed by atoms with van der Waals surface area (Å²) in [4.78, 5) is 17.5. The lowest BCUT2D eigenvalue weighted by atomic mass is 9.90. The van der Waals surface area contributed by atoms with Crippen LogP contribution in [-0.4, -0.2) is 72.8 Å². The largest absolute Gasteiger partial charge is 0.462 e. The van der Waals surface area contributed by atoms with Gasteiger partial charge in [0.05, 0.1) is 12.2 Å². The normalized spacial score (nSPS) is 25.7. The summed E-state index contributed by atoms with van der Waals surface area (Å²) in [5.41, 5.74) is 5.06. The Morgan fingerprint density at radius 3 is 2.61 bits per heavy atom. The van der Waals surface area contributed by atoms with E-state index in [9.17, 15) is 0 Å². The summed E-state index contributed by atoms with van der Waals surface area (Å²) in [6, 6.07) is 15.4. The van der Waals surface area contributed by atoms with E-state index < -0.39 is 0 Å². The lowest BCUT2D eigenvalue weighted by Crippen LogP contribution is -2.67. The van der Waals surface area contributed by atoms with Crippen LogP contribution in [0.25, 0.3) is 10.8 Å². The van der Waals surface area contributed by atoms with E-state index in [4.69, 9.17) is 14.7 Å². The van der Waals surface area contributed by atoms with Crippen molar-refractivity contribution in [3.8, 4) is 6.01 Å². The quantitative estimate of drug-likeness (QED) is 0.595. The van der Waals surface area contributed by atoms with Gasteiger partial charge in [0.15, 0.2) is 0 Å². The van der Waals surface area contributed by atoms with Gasteiger partial charge in [0.1, 0.15) is 12.4 Å². The maximum Gasteiger partial charge on any atom is 0.318 e. The highest BCUT2D eigenvalue weighted by atomic mass is 16.5. The molecule has 0 aliphatic carbocycles. The second-order valence-electron chi connectivity index (χ2n) is 11.2. The molecule has 4 fully saturated rings. The minimum Gasteiger partial charge on any atom is -0.462 e. The predicted octanol–water partition coefficient (Wildman–Crippen LogP) is 3.52. The Labute approximate surface area is 213 Å². The summed E-state index contributed by atoms with van der Waals surface area (Å²) in [6.45, 7) is 7.83. The topological polar surface area (TPSA) is 56.8 Å². The average Bonchev–Trinajstić information content (AvgIpc) is 3.30. The van der Waals surface area contributed by atoms with Crippen molar-refractivity contribution in [1.82, 2.24) is 20.2 Å². The van der Waals surface area contributed by atoms with Gasteiger partial charge in [-0.05, 0) is 63.2 Å². The molecule has 1 aromatic heterocycles. The van der Waals surface area contributed by atoms with Gasteiger partial charge in [-0.3, -0.25) is 0 Å². The Hall–Kier alpha value is -2.90. The molecule has 5 aliphatic rings. The molecule has 36 heavy (non-hydrogen) atoms. The lowest BCUT2D eigenvalue weighted by molar-refractivity contribution is 0.186.